The van der Waals surface area contributed by atoms with Crippen molar-refractivity contribution in [2.75, 3.05) is 5.32 Å². The predicted octanol–water partition coefficient (Wildman–Crippen LogP) is 3.91. The molecule has 16 heavy (non-hydrogen) atoms. The van der Waals surface area contributed by atoms with Crippen molar-refractivity contribution in [1.29, 1.82) is 0 Å². The van der Waals surface area contributed by atoms with Crippen molar-refractivity contribution in [2.45, 2.75) is 39.2 Å². The van der Waals surface area contributed by atoms with Gasteiger partial charge in [-0.1, -0.05) is 26.5 Å². The maximum Gasteiger partial charge on any atom is 0.144 e. The van der Waals surface area contributed by atoms with E-state index in [0.717, 1.165) is 17.1 Å². The largest absolute Gasteiger partial charge is 0.479 e. The quantitative estimate of drug-likeness (QED) is 0.770. The van der Waals surface area contributed by atoms with E-state index in [-0.39, 0.29) is 5.60 Å². The average Bonchev–Trinajstić information content (AvgIpc) is 2.18. The van der Waals surface area contributed by atoms with Crippen LogP contribution in [0.15, 0.2) is 30.5 Å². The summed E-state index contributed by atoms with van der Waals surface area (Å²) in [6.45, 7) is 12.4. The van der Waals surface area contributed by atoms with Crippen LogP contribution in [0.1, 0.15) is 39.2 Å². The number of hydrogen-bond acceptors (Lipinski definition) is 2. The number of rotatable bonds is 1. The molecule has 0 aromatic heterocycles. The third-order valence-corrected chi connectivity index (χ3v) is 3.05. The lowest BCUT2D eigenvalue weighted by Gasteiger charge is -2.35. The smallest absolute Gasteiger partial charge is 0.144 e. The number of benzene rings is 1. The van der Waals surface area contributed by atoms with Gasteiger partial charge in [0.1, 0.15) is 11.4 Å². The molecular weight excluding hydrogens is 198 g/mol. The van der Waals surface area contributed by atoms with Gasteiger partial charge >= 0.3 is 0 Å². The molecule has 86 valence electrons. The molecule has 0 bridgehead atoms. The second kappa shape index (κ2) is 3.55. The van der Waals surface area contributed by atoms with Crippen LogP contribution in [0.3, 0.4) is 0 Å². The topological polar surface area (TPSA) is 21.3 Å². The lowest BCUT2D eigenvalue weighted by atomic mass is 9.99. The van der Waals surface area contributed by atoms with Gasteiger partial charge in [-0.2, -0.15) is 0 Å². The normalized spacial score (nSPS) is 17.7. The molecule has 1 heterocycles. The monoisotopic (exact) mass is 217 g/mol. The first-order valence-electron chi connectivity index (χ1n) is 5.69. The standard InChI is InChI=1S/C14H19NO/c1-9(2)11-6-7-13-12(8-11)15-10(3)14(4,5)16-13/h6-9,15H,3H2,1-2,4-5H3. The van der Waals surface area contributed by atoms with E-state index in [1.165, 1.54) is 5.56 Å². The van der Waals surface area contributed by atoms with E-state index in [4.69, 9.17) is 4.74 Å². The number of hydrogen-bond donors (Lipinski definition) is 1. The van der Waals surface area contributed by atoms with E-state index in [0.29, 0.717) is 5.92 Å². The van der Waals surface area contributed by atoms with Crippen LogP contribution in [0.4, 0.5) is 5.69 Å². The van der Waals surface area contributed by atoms with Crippen LogP contribution in [-0.2, 0) is 0 Å². The van der Waals surface area contributed by atoms with Gasteiger partial charge in [0.05, 0.1) is 11.4 Å². The molecule has 1 aliphatic rings. The SMILES string of the molecule is C=C1Nc2cc(C(C)C)ccc2OC1(C)C. The number of nitrogens with one attached hydrogen (secondary N) is 1. The summed E-state index contributed by atoms with van der Waals surface area (Å²) >= 11 is 0. The Morgan fingerprint density at radius 2 is 2.00 bits per heavy atom. The molecule has 2 rings (SSSR count). The van der Waals surface area contributed by atoms with E-state index in [9.17, 15) is 0 Å². The third kappa shape index (κ3) is 1.80. The van der Waals surface area contributed by atoms with Crippen LogP contribution >= 0.6 is 0 Å². The summed E-state index contributed by atoms with van der Waals surface area (Å²) in [6.07, 6.45) is 0. The summed E-state index contributed by atoms with van der Waals surface area (Å²) in [5.74, 6) is 1.43. The van der Waals surface area contributed by atoms with Gasteiger partial charge in [0.2, 0.25) is 0 Å². The minimum Gasteiger partial charge on any atom is -0.479 e. The number of ether oxygens (including phenoxy) is 1. The van der Waals surface area contributed by atoms with E-state index in [1.54, 1.807) is 0 Å². The van der Waals surface area contributed by atoms with Crippen LogP contribution in [0.25, 0.3) is 0 Å². The van der Waals surface area contributed by atoms with Gasteiger partial charge < -0.3 is 10.1 Å². The van der Waals surface area contributed by atoms with Crippen molar-refractivity contribution in [3.05, 3.63) is 36.0 Å². The van der Waals surface area contributed by atoms with Crippen LogP contribution in [0.2, 0.25) is 0 Å². The van der Waals surface area contributed by atoms with Crippen LogP contribution in [0.5, 0.6) is 5.75 Å². The lowest BCUT2D eigenvalue weighted by molar-refractivity contribution is 0.144. The first kappa shape index (κ1) is 11.1. The minimum absolute atomic E-state index is 0.341. The van der Waals surface area contributed by atoms with E-state index in [2.05, 4.69) is 37.9 Å². The molecule has 0 fully saturated rings. The highest BCUT2D eigenvalue weighted by molar-refractivity contribution is 5.64. The molecule has 0 atom stereocenters. The van der Waals surface area contributed by atoms with Gasteiger partial charge in [-0.25, -0.2) is 0 Å². The molecule has 0 spiro atoms. The fourth-order valence-electron chi connectivity index (χ4n) is 1.74. The molecule has 1 aromatic carbocycles. The van der Waals surface area contributed by atoms with Gasteiger partial charge in [-0.3, -0.25) is 0 Å². The van der Waals surface area contributed by atoms with Crippen molar-refractivity contribution in [3.8, 4) is 5.75 Å². The fraction of sp³-hybridized carbons (Fsp3) is 0.429. The Kier molecular flexibility index (Phi) is 2.45. The zero-order valence-electron chi connectivity index (χ0n) is 10.4. The molecular formula is C14H19NO. The minimum atomic E-state index is -0.341. The number of anilines is 1. The van der Waals surface area contributed by atoms with Gasteiger partial charge in [0, 0.05) is 0 Å². The van der Waals surface area contributed by atoms with E-state index in [1.807, 2.05) is 19.9 Å². The highest BCUT2D eigenvalue weighted by Gasteiger charge is 2.30. The summed E-state index contributed by atoms with van der Waals surface area (Å²) in [7, 11) is 0. The third-order valence-electron chi connectivity index (χ3n) is 3.05. The lowest BCUT2D eigenvalue weighted by Crippen LogP contribution is -2.37. The molecule has 0 saturated heterocycles. The summed E-state index contributed by atoms with van der Waals surface area (Å²) in [4.78, 5) is 0. The maximum atomic E-state index is 5.90. The Bertz CT molecular complexity index is 432. The molecule has 1 aliphatic heterocycles. The molecule has 0 unspecified atom stereocenters. The van der Waals surface area contributed by atoms with Gasteiger partial charge in [0.15, 0.2) is 0 Å². The van der Waals surface area contributed by atoms with Crippen molar-refractivity contribution in [3.63, 3.8) is 0 Å². The summed E-state index contributed by atoms with van der Waals surface area (Å²) < 4.78 is 5.90. The maximum absolute atomic E-state index is 5.90. The zero-order valence-corrected chi connectivity index (χ0v) is 10.4. The molecule has 0 saturated carbocycles. The Balaban J connectivity index is 2.41. The van der Waals surface area contributed by atoms with Crippen molar-refractivity contribution < 1.29 is 4.74 Å². The molecule has 2 nitrogen and oxygen atoms in total. The molecule has 1 aromatic rings. The fourth-order valence-corrected chi connectivity index (χ4v) is 1.74. The van der Waals surface area contributed by atoms with Crippen LogP contribution in [0, 0.1) is 0 Å². The zero-order chi connectivity index (χ0) is 11.9. The van der Waals surface area contributed by atoms with Crippen molar-refractivity contribution >= 4 is 5.69 Å². The van der Waals surface area contributed by atoms with Crippen LogP contribution < -0.4 is 10.1 Å². The second-order valence-corrected chi connectivity index (χ2v) is 5.13. The summed E-state index contributed by atoms with van der Waals surface area (Å²) in [6, 6.07) is 6.29. The van der Waals surface area contributed by atoms with E-state index >= 15 is 0 Å². The molecule has 0 amide bonds. The highest BCUT2D eigenvalue weighted by atomic mass is 16.5. The molecule has 2 heteroatoms. The second-order valence-electron chi connectivity index (χ2n) is 5.13. The molecule has 0 aliphatic carbocycles. The van der Waals surface area contributed by atoms with Crippen molar-refractivity contribution in [2.24, 2.45) is 0 Å². The average molecular weight is 217 g/mol. The van der Waals surface area contributed by atoms with Gasteiger partial charge in [0.25, 0.3) is 0 Å². The number of fused-ring (bicyclic) bond motifs is 1. The molecule has 0 radical (unpaired) electrons. The van der Waals surface area contributed by atoms with Crippen LogP contribution in [-0.4, -0.2) is 5.60 Å². The first-order valence-corrected chi connectivity index (χ1v) is 5.69. The van der Waals surface area contributed by atoms with Gasteiger partial charge in [-0.05, 0) is 37.5 Å². The Morgan fingerprint density at radius 3 is 2.62 bits per heavy atom. The predicted molar refractivity (Wildman–Crippen MR) is 68.0 cm³/mol. The summed E-state index contributed by atoms with van der Waals surface area (Å²) in [5, 5.41) is 3.33. The Hall–Kier alpha value is -1.44. The highest BCUT2D eigenvalue weighted by Crippen LogP contribution is 2.38. The summed E-state index contributed by atoms with van der Waals surface area (Å²) in [5.41, 5.74) is 2.89. The Labute approximate surface area is 97.3 Å². The van der Waals surface area contributed by atoms with E-state index < -0.39 is 0 Å². The van der Waals surface area contributed by atoms with Crippen molar-refractivity contribution in [1.82, 2.24) is 0 Å². The first-order chi connectivity index (χ1) is 7.40. The molecule has 1 N–H and O–H groups in total. The Morgan fingerprint density at radius 1 is 1.31 bits per heavy atom. The van der Waals surface area contributed by atoms with Gasteiger partial charge in [-0.15, -0.1) is 0 Å².